The second-order valence-corrected chi connectivity index (χ2v) is 11.0. The fourth-order valence-electron chi connectivity index (χ4n) is 5.45. The summed E-state index contributed by atoms with van der Waals surface area (Å²) in [5.41, 5.74) is 0.960. The minimum atomic E-state index is -4.31. The van der Waals surface area contributed by atoms with Gasteiger partial charge in [0.2, 0.25) is 5.56 Å². The van der Waals surface area contributed by atoms with Gasteiger partial charge in [0.15, 0.2) is 11.0 Å². The average Bonchev–Trinajstić information content (AvgIpc) is 3.46. The summed E-state index contributed by atoms with van der Waals surface area (Å²) in [5, 5.41) is 9.34. The van der Waals surface area contributed by atoms with Crippen LogP contribution in [0.2, 0.25) is 0 Å². The number of thioether (sulfide) groups is 1. The zero-order chi connectivity index (χ0) is 25.5. The third-order valence-electron chi connectivity index (χ3n) is 7.36. The Morgan fingerprint density at radius 2 is 1.97 bits per heavy atom. The van der Waals surface area contributed by atoms with Crippen molar-refractivity contribution in [2.75, 3.05) is 36.8 Å². The molecular weight excluding hydrogens is 489 g/mol. The quantitative estimate of drug-likeness (QED) is 0.372. The van der Waals surface area contributed by atoms with E-state index in [4.69, 9.17) is 0 Å². The molecule has 1 N–H and O–H groups in total. The number of nitrogens with zero attached hydrogens (tertiary/aromatic N) is 5. The van der Waals surface area contributed by atoms with Gasteiger partial charge >= 0.3 is 6.18 Å². The number of pyridine rings is 1. The number of benzene rings is 1. The number of halogens is 3. The second-order valence-electron chi connectivity index (χ2n) is 9.90. The summed E-state index contributed by atoms with van der Waals surface area (Å²) in [7, 11) is 1.90. The number of fused-ring (bicyclic) bond motifs is 1. The summed E-state index contributed by atoms with van der Waals surface area (Å²) < 4.78 is 40.8. The van der Waals surface area contributed by atoms with Crippen LogP contribution in [0.5, 0.6) is 0 Å². The Morgan fingerprint density at radius 1 is 1.19 bits per heavy atom. The highest BCUT2D eigenvalue weighted by molar-refractivity contribution is 7.99. The molecule has 2 saturated heterocycles. The van der Waals surface area contributed by atoms with Gasteiger partial charge in [0.05, 0.1) is 5.56 Å². The molecule has 2 fully saturated rings. The molecule has 36 heavy (non-hydrogen) atoms. The fourth-order valence-corrected chi connectivity index (χ4v) is 6.28. The first-order chi connectivity index (χ1) is 17.1. The van der Waals surface area contributed by atoms with Crippen LogP contribution in [-0.2, 0) is 13.2 Å². The van der Waals surface area contributed by atoms with Crippen molar-refractivity contribution >= 4 is 17.4 Å². The van der Waals surface area contributed by atoms with E-state index >= 15 is 0 Å². The van der Waals surface area contributed by atoms with Crippen molar-refractivity contribution in [1.82, 2.24) is 24.6 Å². The monoisotopic (exact) mass is 518 g/mol. The first-order valence-electron chi connectivity index (χ1n) is 12.0. The van der Waals surface area contributed by atoms with Crippen LogP contribution in [-0.4, -0.2) is 62.6 Å². The number of aromatic nitrogens is 4. The van der Waals surface area contributed by atoms with E-state index in [0.717, 1.165) is 61.2 Å². The van der Waals surface area contributed by atoms with Gasteiger partial charge in [0, 0.05) is 67.4 Å². The summed E-state index contributed by atoms with van der Waals surface area (Å²) >= 11 is 1.65. The zero-order valence-electron chi connectivity index (χ0n) is 20.3. The number of anilines is 1. The first kappa shape index (κ1) is 24.9. The van der Waals surface area contributed by atoms with Crippen molar-refractivity contribution in [1.29, 1.82) is 0 Å². The molecule has 5 rings (SSSR count). The Kier molecular flexibility index (Phi) is 6.63. The molecule has 3 aromatic rings. The molecule has 1 aromatic carbocycles. The normalized spacial score (nSPS) is 22.4. The van der Waals surface area contributed by atoms with Crippen molar-refractivity contribution in [3.63, 3.8) is 0 Å². The highest BCUT2D eigenvalue weighted by atomic mass is 32.2. The number of likely N-dealkylation sites (tertiary alicyclic amines) is 1. The lowest BCUT2D eigenvalue weighted by atomic mass is 9.85. The van der Waals surface area contributed by atoms with Crippen molar-refractivity contribution in [2.45, 2.75) is 37.1 Å². The summed E-state index contributed by atoms with van der Waals surface area (Å²) in [4.78, 5) is 19.0. The maximum atomic E-state index is 13.0. The van der Waals surface area contributed by atoms with Gasteiger partial charge in [-0.25, -0.2) is 0 Å². The van der Waals surface area contributed by atoms with Crippen molar-refractivity contribution in [3.8, 4) is 11.4 Å². The number of aromatic amines is 1. The lowest BCUT2D eigenvalue weighted by molar-refractivity contribution is -0.137. The molecule has 0 saturated carbocycles. The van der Waals surface area contributed by atoms with Crippen LogP contribution in [0.15, 0.2) is 52.5 Å². The van der Waals surface area contributed by atoms with Gasteiger partial charge < -0.3 is 19.4 Å². The minimum Gasteiger partial charge on any atom is -0.367 e. The molecule has 2 atom stereocenters. The largest absolute Gasteiger partial charge is 0.416 e. The van der Waals surface area contributed by atoms with Crippen LogP contribution < -0.4 is 10.5 Å². The summed E-state index contributed by atoms with van der Waals surface area (Å²) in [6, 6.07) is 9.20. The van der Waals surface area contributed by atoms with Gasteiger partial charge in [-0.15, -0.1) is 10.2 Å². The Labute approximate surface area is 211 Å². The van der Waals surface area contributed by atoms with E-state index in [-0.39, 0.29) is 11.0 Å². The van der Waals surface area contributed by atoms with Gasteiger partial charge in [-0.3, -0.25) is 4.79 Å². The average molecular weight is 519 g/mol. The van der Waals surface area contributed by atoms with Crippen LogP contribution in [0.4, 0.5) is 18.9 Å². The lowest BCUT2D eigenvalue weighted by Crippen LogP contribution is -2.37. The molecule has 0 radical (unpaired) electrons. The highest BCUT2D eigenvalue weighted by Crippen LogP contribution is 2.44. The summed E-state index contributed by atoms with van der Waals surface area (Å²) in [5.74, 6) is 1.55. The number of H-pyrrole nitrogens is 1. The van der Waals surface area contributed by atoms with Crippen LogP contribution in [0, 0.1) is 5.41 Å². The van der Waals surface area contributed by atoms with E-state index in [0.29, 0.717) is 11.9 Å². The second kappa shape index (κ2) is 9.59. The zero-order valence-corrected chi connectivity index (χ0v) is 21.1. The molecule has 11 heteroatoms. The van der Waals surface area contributed by atoms with Gasteiger partial charge in [0.1, 0.15) is 0 Å². The highest BCUT2D eigenvalue weighted by Gasteiger charge is 2.50. The number of nitrogens with one attached hydrogen (secondary N) is 1. The Bertz CT molecular complexity index is 1270. The van der Waals surface area contributed by atoms with Gasteiger partial charge in [0.25, 0.3) is 0 Å². The predicted molar refractivity (Wildman–Crippen MR) is 134 cm³/mol. The molecule has 0 amide bonds. The number of rotatable bonds is 7. The molecule has 0 spiro atoms. The molecule has 4 heterocycles. The molecule has 0 unspecified atom stereocenters. The van der Waals surface area contributed by atoms with E-state index in [9.17, 15) is 18.0 Å². The molecule has 7 nitrogen and oxygen atoms in total. The maximum absolute atomic E-state index is 13.0. The van der Waals surface area contributed by atoms with Gasteiger partial charge in [-0.05, 0) is 49.7 Å². The fraction of sp³-hybridized carbons (Fsp3) is 0.480. The predicted octanol–water partition coefficient (Wildman–Crippen LogP) is 4.27. The van der Waals surface area contributed by atoms with Crippen LogP contribution in [0.3, 0.4) is 0 Å². The molecule has 2 aromatic heterocycles. The SMILES string of the molecule is Cn1c(SCCCN2C[C@@H]3N(c4ccc(C(F)(F)F)cc4)CC[C@]3(C)C2)nnc1-c1cc[nH]c(=O)c1. The van der Waals surface area contributed by atoms with Gasteiger partial charge in [-0.1, -0.05) is 18.7 Å². The van der Waals surface area contributed by atoms with Crippen LogP contribution >= 0.6 is 11.8 Å². The maximum Gasteiger partial charge on any atom is 0.416 e. The van der Waals surface area contributed by atoms with E-state index in [1.807, 2.05) is 11.6 Å². The smallest absolute Gasteiger partial charge is 0.367 e. The van der Waals surface area contributed by atoms with Crippen molar-refractivity contribution in [2.24, 2.45) is 12.5 Å². The number of alkyl halides is 3. The Morgan fingerprint density at radius 3 is 2.69 bits per heavy atom. The minimum absolute atomic E-state index is 0.141. The third kappa shape index (κ3) is 4.90. The molecule has 0 bridgehead atoms. The summed E-state index contributed by atoms with van der Waals surface area (Å²) in [6.45, 7) is 6.04. The molecule has 2 aliphatic heterocycles. The Hall–Kier alpha value is -2.79. The van der Waals surface area contributed by atoms with Crippen molar-refractivity contribution < 1.29 is 13.2 Å². The number of hydrogen-bond acceptors (Lipinski definition) is 6. The lowest BCUT2D eigenvalue weighted by Gasteiger charge is -2.30. The third-order valence-corrected chi connectivity index (χ3v) is 8.47. The number of hydrogen-bond donors (Lipinski definition) is 1. The molecular formula is C25H29F3N6OS. The first-order valence-corrected chi connectivity index (χ1v) is 13.0. The van der Waals surface area contributed by atoms with E-state index < -0.39 is 11.7 Å². The summed E-state index contributed by atoms with van der Waals surface area (Å²) in [6.07, 6.45) is -0.688. The topological polar surface area (TPSA) is 70.0 Å². The van der Waals surface area contributed by atoms with Gasteiger partial charge in [-0.2, -0.15) is 13.2 Å². The molecule has 192 valence electrons. The van der Waals surface area contributed by atoms with Crippen LogP contribution in [0.1, 0.15) is 25.3 Å². The van der Waals surface area contributed by atoms with Crippen molar-refractivity contribution in [3.05, 3.63) is 58.5 Å². The van der Waals surface area contributed by atoms with E-state index in [1.165, 1.54) is 18.2 Å². The van der Waals surface area contributed by atoms with Crippen LogP contribution in [0.25, 0.3) is 11.4 Å². The van der Waals surface area contributed by atoms with E-state index in [1.54, 1.807) is 36.2 Å². The molecule has 2 aliphatic rings. The van der Waals surface area contributed by atoms with E-state index in [2.05, 4.69) is 31.9 Å². The molecule has 0 aliphatic carbocycles. The standard InChI is InChI=1S/C25H29F3N6OS/c1-24-9-12-34(19-6-4-18(5-7-19)25(26,27)28)20(24)15-33(16-24)11-3-13-36-23-31-30-22(32(23)2)17-8-10-29-21(35)14-17/h4-8,10,14,20H,3,9,11-13,15-16H2,1-2H3,(H,29,35)/t20-,24+/m0/s1. The Balaban J connectivity index is 1.15.